The highest BCUT2D eigenvalue weighted by atomic mass is 14.7. The van der Waals surface area contributed by atoms with Gasteiger partial charge < -0.3 is 5.73 Å². The normalized spacial score (nSPS) is 14.8. The lowest BCUT2D eigenvalue weighted by molar-refractivity contribution is 1.17. The van der Waals surface area contributed by atoms with Crippen LogP contribution in [0.25, 0.3) is 0 Å². The second-order valence-corrected chi connectivity index (χ2v) is 3.45. The van der Waals surface area contributed by atoms with E-state index in [1.807, 2.05) is 13.0 Å². The summed E-state index contributed by atoms with van der Waals surface area (Å²) in [6.45, 7) is 1.95. The number of aryl methyl sites for hydroxylation is 1. The minimum Gasteiger partial charge on any atom is -0.397 e. The lowest BCUT2D eigenvalue weighted by atomic mass is 10.2. The van der Waals surface area contributed by atoms with E-state index in [4.69, 9.17) is 5.73 Å². The smallest absolute Gasteiger partial charge is 0.0530 e. The number of hydrogen-bond donors (Lipinski definition) is 1. The van der Waals surface area contributed by atoms with E-state index in [1.54, 1.807) is 6.20 Å². The van der Waals surface area contributed by atoms with E-state index in [9.17, 15) is 0 Å². The zero-order valence-electron chi connectivity index (χ0n) is 7.67. The third-order valence-electron chi connectivity index (χ3n) is 2.10. The first kappa shape index (κ1) is 8.12. The summed E-state index contributed by atoms with van der Waals surface area (Å²) in [6, 6.07) is 1.89. The minimum absolute atomic E-state index is 0.626. The second kappa shape index (κ2) is 3.10. The van der Waals surface area contributed by atoms with Crippen molar-refractivity contribution < 1.29 is 0 Å². The van der Waals surface area contributed by atoms with Crippen LogP contribution in [0.1, 0.15) is 24.1 Å². The second-order valence-electron chi connectivity index (χ2n) is 3.45. The lowest BCUT2D eigenvalue weighted by Gasteiger charge is -1.97. The molecule has 66 valence electrons. The number of pyridine rings is 1. The van der Waals surface area contributed by atoms with Crippen LogP contribution in [-0.2, 0) is 0 Å². The molecule has 1 fully saturated rings. The van der Waals surface area contributed by atoms with Crippen molar-refractivity contribution in [1.29, 1.82) is 0 Å². The molecule has 1 aliphatic rings. The molecule has 1 aliphatic carbocycles. The molecule has 0 saturated heterocycles. The SMILES string of the molecule is Cc1ncc(N)cc1C#CC1CC1. The van der Waals surface area contributed by atoms with Crippen LogP contribution in [0.2, 0.25) is 0 Å². The van der Waals surface area contributed by atoms with Crippen molar-refractivity contribution in [2.75, 3.05) is 5.73 Å². The number of nitrogen functional groups attached to an aromatic ring is 1. The first-order valence-corrected chi connectivity index (χ1v) is 4.49. The van der Waals surface area contributed by atoms with Gasteiger partial charge in [-0.15, -0.1) is 0 Å². The zero-order chi connectivity index (χ0) is 9.26. The Kier molecular flexibility index (Phi) is 1.94. The zero-order valence-corrected chi connectivity index (χ0v) is 7.67. The molecule has 13 heavy (non-hydrogen) atoms. The lowest BCUT2D eigenvalue weighted by Crippen LogP contribution is -1.92. The van der Waals surface area contributed by atoms with Gasteiger partial charge in [0.2, 0.25) is 0 Å². The van der Waals surface area contributed by atoms with E-state index in [2.05, 4.69) is 16.8 Å². The van der Waals surface area contributed by atoms with Crippen LogP contribution in [0.15, 0.2) is 12.3 Å². The monoisotopic (exact) mass is 172 g/mol. The molecule has 0 unspecified atom stereocenters. The third kappa shape index (κ3) is 2.00. The van der Waals surface area contributed by atoms with Crippen molar-refractivity contribution in [2.45, 2.75) is 19.8 Å². The summed E-state index contributed by atoms with van der Waals surface area (Å²) in [7, 11) is 0. The predicted molar refractivity (Wildman–Crippen MR) is 53.0 cm³/mol. The van der Waals surface area contributed by atoms with E-state index in [-0.39, 0.29) is 0 Å². The standard InChI is InChI=1S/C11H12N2/c1-8-10(5-4-9-2-3-9)6-11(12)7-13-8/h6-7,9H,2-3,12H2,1H3. The Hall–Kier alpha value is -1.49. The molecule has 2 heteroatoms. The van der Waals surface area contributed by atoms with Crippen molar-refractivity contribution in [3.63, 3.8) is 0 Å². The maximum Gasteiger partial charge on any atom is 0.0530 e. The molecule has 2 rings (SSSR count). The van der Waals surface area contributed by atoms with Gasteiger partial charge in [0.05, 0.1) is 17.6 Å². The maximum absolute atomic E-state index is 5.62. The molecule has 0 radical (unpaired) electrons. The highest BCUT2D eigenvalue weighted by molar-refractivity contribution is 5.47. The molecule has 0 spiro atoms. The van der Waals surface area contributed by atoms with E-state index in [0.717, 1.165) is 11.3 Å². The maximum atomic E-state index is 5.62. The summed E-state index contributed by atoms with van der Waals surface area (Å²) in [4.78, 5) is 4.15. The Bertz CT molecular complexity index is 381. The largest absolute Gasteiger partial charge is 0.397 e. The van der Waals surface area contributed by atoms with Gasteiger partial charge in [-0.25, -0.2) is 0 Å². The molecule has 1 aromatic rings. The Balaban J connectivity index is 2.28. The van der Waals surface area contributed by atoms with Crippen LogP contribution < -0.4 is 5.73 Å². The summed E-state index contributed by atoms with van der Waals surface area (Å²) in [5.41, 5.74) is 8.23. The molecule has 0 bridgehead atoms. The first-order chi connectivity index (χ1) is 6.25. The molecule has 1 aromatic heterocycles. The Morgan fingerprint density at radius 3 is 3.00 bits per heavy atom. The van der Waals surface area contributed by atoms with E-state index < -0.39 is 0 Å². The van der Waals surface area contributed by atoms with Gasteiger partial charge >= 0.3 is 0 Å². The Morgan fingerprint density at radius 2 is 2.31 bits per heavy atom. The average Bonchev–Trinajstić information content (AvgIpc) is 2.90. The highest BCUT2D eigenvalue weighted by Crippen LogP contribution is 2.27. The first-order valence-electron chi connectivity index (χ1n) is 4.49. The summed E-state index contributed by atoms with van der Waals surface area (Å²) in [6.07, 6.45) is 4.17. The van der Waals surface area contributed by atoms with Crippen LogP contribution in [0.3, 0.4) is 0 Å². The molecule has 0 aromatic carbocycles. The van der Waals surface area contributed by atoms with Crippen molar-refractivity contribution in [2.24, 2.45) is 5.92 Å². The minimum atomic E-state index is 0.626. The van der Waals surface area contributed by atoms with Crippen LogP contribution in [0.4, 0.5) is 5.69 Å². The third-order valence-corrected chi connectivity index (χ3v) is 2.10. The Morgan fingerprint density at radius 1 is 1.54 bits per heavy atom. The molecular formula is C11H12N2. The number of anilines is 1. The fraction of sp³-hybridized carbons (Fsp3) is 0.364. The summed E-state index contributed by atoms with van der Waals surface area (Å²) < 4.78 is 0. The van der Waals surface area contributed by atoms with Gasteiger partial charge in [-0.3, -0.25) is 4.98 Å². The molecule has 1 saturated carbocycles. The molecule has 1 heterocycles. The molecule has 0 atom stereocenters. The molecule has 0 amide bonds. The quantitative estimate of drug-likeness (QED) is 0.605. The van der Waals surface area contributed by atoms with E-state index in [1.165, 1.54) is 12.8 Å². The van der Waals surface area contributed by atoms with E-state index >= 15 is 0 Å². The number of nitrogens with two attached hydrogens (primary N) is 1. The molecule has 2 N–H and O–H groups in total. The average molecular weight is 172 g/mol. The summed E-state index contributed by atoms with van der Waals surface area (Å²) in [5.74, 6) is 6.94. The van der Waals surface area contributed by atoms with Crippen molar-refractivity contribution in [3.05, 3.63) is 23.5 Å². The summed E-state index contributed by atoms with van der Waals surface area (Å²) in [5, 5.41) is 0. The van der Waals surface area contributed by atoms with E-state index in [0.29, 0.717) is 11.6 Å². The van der Waals surface area contributed by atoms with Crippen molar-refractivity contribution in [3.8, 4) is 11.8 Å². The Labute approximate surface area is 78.2 Å². The van der Waals surface area contributed by atoms with Crippen LogP contribution in [0.5, 0.6) is 0 Å². The van der Waals surface area contributed by atoms with Gasteiger partial charge in [-0.1, -0.05) is 11.8 Å². The topological polar surface area (TPSA) is 38.9 Å². The molecule has 2 nitrogen and oxygen atoms in total. The fourth-order valence-corrected chi connectivity index (χ4v) is 1.08. The number of rotatable bonds is 0. The van der Waals surface area contributed by atoms with Crippen molar-refractivity contribution >= 4 is 5.69 Å². The van der Waals surface area contributed by atoms with Gasteiger partial charge in [-0.05, 0) is 25.8 Å². The highest BCUT2D eigenvalue weighted by Gasteiger charge is 2.17. The number of aromatic nitrogens is 1. The van der Waals surface area contributed by atoms with Crippen LogP contribution >= 0.6 is 0 Å². The fourth-order valence-electron chi connectivity index (χ4n) is 1.08. The summed E-state index contributed by atoms with van der Waals surface area (Å²) >= 11 is 0. The molecule has 0 aliphatic heterocycles. The van der Waals surface area contributed by atoms with Gasteiger partial charge in [-0.2, -0.15) is 0 Å². The van der Waals surface area contributed by atoms with Gasteiger partial charge in [0.1, 0.15) is 0 Å². The number of nitrogens with zero attached hydrogens (tertiary/aromatic N) is 1. The van der Waals surface area contributed by atoms with Crippen LogP contribution in [-0.4, -0.2) is 4.98 Å². The van der Waals surface area contributed by atoms with Crippen LogP contribution in [0, 0.1) is 24.7 Å². The van der Waals surface area contributed by atoms with Crippen molar-refractivity contribution in [1.82, 2.24) is 4.98 Å². The van der Waals surface area contributed by atoms with Gasteiger partial charge in [0.25, 0.3) is 0 Å². The number of hydrogen-bond acceptors (Lipinski definition) is 2. The molecular weight excluding hydrogens is 160 g/mol. The van der Waals surface area contributed by atoms with Gasteiger partial charge in [0.15, 0.2) is 0 Å². The predicted octanol–water partition coefficient (Wildman–Crippen LogP) is 1.73. The van der Waals surface area contributed by atoms with Gasteiger partial charge in [0, 0.05) is 11.5 Å².